The molecule has 20 heavy (non-hydrogen) atoms. The van der Waals surface area contributed by atoms with Gasteiger partial charge in [-0.3, -0.25) is 0 Å². The third-order valence-corrected chi connectivity index (χ3v) is 4.55. The molecule has 0 aliphatic rings. The first-order chi connectivity index (χ1) is 9.60. The zero-order valence-corrected chi connectivity index (χ0v) is 13.9. The Labute approximate surface area is 132 Å². The van der Waals surface area contributed by atoms with E-state index in [0.29, 0.717) is 0 Å². The Morgan fingerprint density at radius 3 is 2.75 bits per heavy atom. The standard InChI is InChI=1S/C16H17BrFNS/c1-3-19-11(2)15-10-13(18)7-8-16(15)20-14-6-4-5-12(17)9-14/h4-11,19H,3H2,1-2H3. The second-order valence-electron chi connectivity index (χ2n) is 4.52. The van der Waals surface area contributed by atoms with Crippen LogP contribution in [0.5, 0.6) is 0 Å². The molecule has 2 rings (SSSR count). The van der Waals surface area contributed by atoms with Crippen LogP contribution in [-0.4, -0.2) is 6.54 Å². The third kappa shape index (κ3) is 4.08. The van der Waals surface area contributed by atoms with Crippen molar-refractivity contribution in [2.75, 3.05) is 6.54 Å². The summed E-state index contributed by atoms with van der Waals surface area (Å²) in [7, 11) is 0. The third-order valence-electron chi connectivity index (χ3n) is 2.97. The molecule has 0 bridgehead atoms. The lowest BCUT2D eigenvalue weighted by Crippen LogP contribution is -2.18. The van der Waals surface area contributed by atoms with Gasteiger partial charge >= 0.3 is 0 Å². The fourth-order valence-electron chi connectivity index (χ4n) is 2.02. The van der Waals surface area contributed by atoms with Crippen molar-refractivity contribution in [2.24, 2.45) is 0 Å². The molecule has 1 N–H and O–H groups in total. The summed E-state index contributed by atoms with van der Waals surface area (Å²) in [5, 5.41) is 3.34. The number of hydrogen-bond acceptors (Lipinski definition) is 2. The molecule has 0 saturated carbocycles. The molecule has 4 heteroatoms. The molecule has 106 valence electrons. The van der Waals surface area contributed by atoms with Gasteiger partial charge < -0.3 is 5.32 Å². The lowest BCUT2D eigenvalue weighted by molar-refractivity contribution is 0.574. The molecule has 0 spiro atoms. The van der Waals surface area contributed by atoms with Crippen LogP contribution in [0.2, 0.25) is 0 Å². The maximum atomic E-state index is 13.5. The smallest absolute Gasteiger partial charge is 0.123 e. The molecule has 0 aliphatic heterocycles. The summed E-state index contributed by atoms with van der Waals surface area (Å²) < 4.78 is 14.6. The van der Waals surface area contributed by atoms with E-state index in [1.54, 1.807) is 17.8 Å². The van der Waals surface area contributed by atoms with Crippen molar-refractivity contribution in [1.29, 1.82) is 0 Å². The highest BCUT2D eigenvalue weighted by Crippen LogP contribution is 2.34. The van der Waals surface area contributed by atoms with Crippen LogP contribution in [0, 0.1) is 5.82 Å². The van der Waals surface area contributed by atoms with Crippen molar-refractivity contribution in [3.8, 4) is 0 Å². The molecule has 2 aromatic rings. The topological polar surface area (TPSA) is 12.0 Å². The van der Waals surface area contributed by atoms with E-state index in [2.05, 4.69) is 47.2 Å². The van der Waals surface area contributed by atoms with E-state index in [-0.39, 0.29) is 11.9 Å². The van der Waals surface area contributed by atoms with Crippen LogP contribution in [0.25, 0.3) is 0 Å². The van der Waals surface area contributed by atoms with Crippen molar-refractivity contribution < 1.29 is 4.39 Å². The van der Waals surface area contributed by atoms with E-state index in [0.717, 1.165) is 26.4 Å². The number of benzene rings is 2. The van der Waals surface area contributed by atoms with E-state index >= 15 is 0 Å². The van der Waals surface area contributed by atoms with Crippen molar-refractivity contribution in [1.82, 2.24) is 5.32 Å². The number of nitrogens with one attached hydrogen (secondary N) is 1. The molecule has 0 radical (unpaired) electrons. The summed E-state index contributed by atoms with van der Waals surface area (Å²) in [4.78, 5) is 2.22. The van der Waals surface area contributed by atoms with Gasteiger partial charge in [0.05, 0.1) is 0 Å². The fraction of sp³-hybridized carbons (Fsp3) is 0.250. The maximum absolute atomic E-state index is 13.5. The largest absolute Gasteiger partial charge is 0.310 e. The monoisotopic (exact) mass is 353 g/mol. The molecule has 1 unspecified atom stereocenters. The Morgan fingerprint density at radius 1 is 1.25 bits per heavy atom. The number of rotatable bonds is 5. The average molecular weight is 354 g/mol. The van der Waals surface area contributed by atoms with Gasteiger partial charge in [-0.1, -0.05) is 40.7 Å². The number of halogens is 2. The molecule has 0 fully saturated rings. The molecule has 0 aromatic heterocycles. The van der Waals surface area contributed by atoms with Gasteiger partial charge in [-0.2, -0.15) is 0 Å². The zero-order valence-electron chi connectivity index (χ0n) is 11.5. The number of hydrogen-bond donors (Lipinski definition) is 1. The fourth-order valence-corrected chi connectivity index (χ4v) is 3.65. The minimum absolute atomic E-state index is 0.130. The Hall–Kier alpha value is -0.840. The minimum atomic E-state index is -0.191. The van der Waals surface area contributed by atoms with E-state index in [1.807, 2.05) is 18.2 Å². The predicted molar refractivity (Wildman–Crippen MR) is 86.8 cm³/mol. The Balaban J connectivity index is 2.31. The van der Waals surface area contributed by atoms with Gasteiger partial charge in [0, 0.05) is 20.3 Å². The predicted octanol–water partition coefficient (Wildman–Crippen LogP) is 5.41. The van der Waals surface area contributed by atoms with Crippen LogP contribution in [0.4, 0.5) is 4.39 Å². The molecule has 0 heterocycles. The van der Waals surface area contributed by atoms with Crippen LogP contribution in [0.3, 0.4) is 0 Å². The quantitative estimate of drug-likeness (QED) is 0.771. The van der Waals surface area contributed by atoms with Gasteiger partial charge in [-0.25, -0.2) is 4.39 Å². The van der Waals surface area contributed by atoms with Gasteiger partial charge in [-0.15, -0.1) is 0 Å². The van der Waals surface area contributed by atoms with E-state index in [9.17, 15) is 4.39 Å². The highest BCUT2D eigenvalue weighted by atomic mass is 79.9. The SMILES string of the molecule is CCNC(C)c1cc(F)ccc1Sc1cccc(Br)c1. The van der Waals surface area contributed by atoms with Crippen LogP contribution < -0.4 is 5.32 Å². The van der Waals surface area contributed by atoms with Crippen molar-refractivity contribution in [3.63, 3.8) is 0 Å². The molecule has 1 atom stereocenters. The van der Waals surface area contributed by atoms with Gasteiger partial charge in [0.25, 0.3) is 0 Å². The first kappa shape index (κ1) is 15.5. The molecular weight excluding hydrogens is 337 g/mol. The molecule has 2 aromatic carbocycles. The molecule has 0 aliphatic carbocycles. The Morgan fingerprint density at radius 2 is 2.05 bits per heavy atom. The summed E-state index contributed by atoms with van der Waals surface area (Å²) in [6.45, 7) is 4.97. The minimum Gasteiger partial charge on any atom is -0.310 e. The summed E-state index contributed by atoms with van der Waals surface area (Å²) in [5.41, 5.74) is 0.997. The normalized spacial score (nSPS) is 12.4. The Bertz CT molecular complexity index is 588. The second kappa shape index (κ2) is 7.25. The summed E-state index contributed by atoms with van der Waals surface area (Å²) in [5.74, 6) is -0.191. The first-order valence-corrected chi connectivity index (χ1v) is 8.17. The van der Waals surface area contributed by atoms with Crippen LogP contribution in [0.1, 0.15) is 25.5 Å². The highest BCUT2D eigenvalue weighted by Gasteiger charge is 2.12. The van der Waals surface area contributed by atoms with E-state index in [4.69, 9.17) is 0 Å². The molecule has 1 nitrogen and oxygen atoms in total. The highest BCUT2D eigenvalue weighted by molar-refractivity contribution is 9.10. The van der Waals surface area contributed by atoms with Crippen molar-refractivity contribution >= 4 is 27.7 Å². The zero-order chi connectivity index (χ0) is 14.5. The van der Waals surface area contributed by atoms with E-state index in [1.165, 1.54) is 6.07 Å². The summed E-state index contributed by atoms with van der Waals surface area (Å²) in [6.07, 6.45) is 0. The van der Waals surface area contributed by atoms with Crippen molar-refractivity contribution in [2.45, 2.75) is 29.7 Å². The van der Waals surface area contributed by atoms with Crippen molar-refractivity contribution in [3.05, 3.63) is 58.3 Å². The lowest BCUT2D eigenvalue weighted by atomic mass is 10.1. The lowest BCUT2D eigenvalue weighted by Gasteiger charge is -2.17. The molecule has 0 saturated heterocycles. The van der Waals surface area contributed by atoms with Crippen LogP contribution in [0.15, 0.2) is 56.7 Å². The van der Waals surface area contributed by atoms with Gasteiger partial charge in [0.2, 0.25) is 0 Å². The van der Waals surface area contributed by atoms with Crippen LogP contribution >= 0.6 is 27.7 Å². The first-order valence-electron chi connectivity index (χ1n) is 6.56. The van der Waals surface area contributed by atoms with Crippen LogP contribution in [-0.2, 0) is 0 Å². The Kier molecular flexibility index (Phi) is 5.64. The average Bonchev–Trinajstić information content (AvgIpc) is 2.41. The van der Waals surface area contributed by atoms with Gasteiger partial charge in [-0.05, 0) is 55.4 Å². The summed E-state index contributed by atoms with van der Waals surface area (Å²) >= 11 is 5.13. The molecule has 0 amide bonds. The van der Waals surface area contributed by atoms with E-state index < -0.39 is 0 Å². The van der Waals surface area contributed by atoms with Gasteiger partial charge in [0.1, 0.15) is 5.82 Å². The summed E-state index contributed by atoms with van der Waals surface area (Å²) in [6, 6.07) is 13.2. The molecular formula is C16H17BrFNS. The second-order valence-corrected chi connectivity index (χ2v) is 6.55. The van der Waals surface area contributed by atoms with Gasteiger partial charge in [0.15, 0.2) is 0 Å². The maximum Gasteiger partial charge on any atom is 0.123 e.